The highest BCUT2D eigenvalue weighted by atomic mass is 31.0. The van der Waals surface area contributed by atoms with Crippen molar-refractivity contribution in [1.82, 2.24) is 24.7 Å². The maximum atomic E-state index is 13.0. The predicted molar refractivity (Wildman–Crippen MR) is 149 cm³/mol. The summed E-state index contributed by atoms with van der Waals surface area (Å²) < 4.78 is 7.61. The number of amides is 2. The number of aromatic hydroxyl groups is 1. The van der Waals surface area contributed by atoms with Gasteiger partial charge in [-0.05, 0) is 29.6 Å². The molecule has 0 bridgehead atoms. The van der Waals surface area contributed by atoms with Gasteiger partial charge in [0.15, 0.2) is 5.49 Å². The van der Waals surface area contributed by atoms with E-state index in [0.29, 0.717) is 57.8 Å². The Morgan fingerprint density at radius 2 is 1.97 bits per heavy atom. The molecule has 1 unspecified atom stereocenters. The van der Waals surface area contributed by atoms with Crippen molar-refractivity contribution in [3.8, 4) is 17.3 Å². The number of ether oxygens (including phenoxy) is 1. The maximum Gasteiger partial charge on any atom is 0.324 e. The Balaban J connectivity index is 1.35. The van der Waals surface area contributed by atoms with Crippen molar-refractivity contribution >= 4 is 37.8 Å². The lowest BCUT2D eigenvalue weighted by Gasteiger charge is -2.14. The summed E-state index contributed by atoms with van der Waals surface area (Å²) >= 11 is 0. The lowest BCUT2D eigenvalue weighted by molar-refractivity contribution is 0.262. The van der Waals surface area contributed by atoms with E-state index in [1.807, 2.05) is 20.8 Å². The minimum Gasteiger partial charge on any atom is -0.493 e. The molecule has 4 N–H and O–H groups in total. The smallest absolute Gasteiger partial charge is 0.324 e. The van der Waals surface area contributed by atoms with Crippen LogP contribution in [0.1, 0.15) is 32.9 Å². The molecule has 0 saturated carbocycles. The van der Waals surface area contributed by atoms with Crippen molar-refractivity contribution in [2.24, 2.45) is 4.99 Å². The molecule has 1 atom stereocenters. The summed E-state index contributed by atoms with van der Waals surface area (Å²) in [4.78, 5) is 39.5. The molecule has 2 amide bonds. The summed E-state index contributed by atoms with van der Waals surface area (Å²) in [5.41, 5.74) is 1.67. The van der Waals surface area contributed by atoms with Gasteiger partial charge in [-0.15, -0.1) is 9.24 Å². The van der Waals surface area contributed by atoms with Gasteiger partial charge in [-0.1, -0.05) is 20.8 Å². The van der Waals surface area contributed by atoms with E-state index in [4.69, 9.17) is 4.74 Å². The van der Waals surface area contributed by atoms with Crippen LogP contribution >= 0.6 is 9.24 Å². The topological polar surface area (TPSA) is 159 Å². The molecular formula is C26H27N8O4P. The van der Waals surface area contributed by atoms with E-state index in [0.717, 1.165) is 5.69 Å². The van der Waals surface area contributed by atoms with Crippen molar-refractivity contribution in [3.05, 3.63) is 75.7 Å². The molecule has 0 saturated heterocycles. The average molecular weight is 547 g/mol. The number of anilines is 2. The molecule has 1 aromatic carbocycles. The molecule has 0 spiro atoms. The number of urea groups is 1. The second-order valence-electron chi connectivity index (χ2n) is 9.88. The molecule has 5 rings (SSSR count). The number of carbonyl (C=O) groups is 1. The Bertz CT molecular complexity index is 1760. The molecule has 13 heteroatoms. The van der Waals surface area contributed by atoms with Crippen LogP contribution in [0, 0.1) is 0 Å². The normalized spacial score (nSPS) is 12.9. The number of aromatic nitrogens is 5. The lowest BCUT2D eigenvalue weighted by Crippen LogP contribution is -2.41. The quantitative estimate of drug-likeness (QED) is 0.277. The molecule has 0 fully saturated rings. The first-order valence-corrected chi connectivity index (χ1v) is 12.7. The van der Waals surface area contributed by atoms with Gasteiger partial charge in [-0.3, -0.25) is 15.1 Å². The lowest BCUT2D eigenvalue weighted by atomic mass is 9.92. The highest BCUT2D eigenvalue weighted by Crippen LogP contribution is 2.27. The van der Waals surface area contributed by atoms with E-state index < -0.39 is 6.03 Å². The van der Waals surface area contributed by atoms with Crippen molar-refractivity contribution < 1.29 is 14.6 Å². The molecule has 39 heavy (non-hydrogen) atoms. The van der Waals surface area contributed by atoms with Crippen LogP contribution in [0.3, 0.4) is 0 Å². The maximum absolute atomic E-state index is 13.0. The Hall–Kier alpha value is -4.57. The fourth-order valence-electron chi connectivity index (χ4n) is 3.90. The van der Waals surface area contributed by atoms with Gasteiger partial charge in [0, 0.05) is 42.4 Å². The fourth-order valence-corrected chi connectivity index (χ4v) is 4.23. The first-order valence-electron chi connectivity index (χ1n) is 12.1. The highest BCUT2D eigenvalue weighted by Gasteiger charge is 2.22. The summed E-state index contributed by atoms with van der Waals surface area (Å²) in [5, 5.41) is 21.4. The molecule has 3 aromatic heterocycles. The van der Waals surface area contributed by atoms with Crippen molar-refractivity contribution in [2.75, 3.05) is 17.2 Å². The van der Waals surface area contributed by atoms with Gasteiger partial charge in [0.25, 0.3) is 5.56 Å². The zero-order valence-corrected chi connectivity index (χ0v) is 22.7. The van der Waals surface area contributed by atoms with E-state index >= 15 is 0 Å². The van der Waals surface area contributed by atoms with Gasteiger partial charge in [0.05, 0.1) is 17.6 Å². The van der Waals surface area contributed by atoms with E-state index in [-0.39, 0.29) is 16.9 Å². The number of nitrogens with one attached hydrogen (secondary N) is 3. The van der Waals surface area contributed by atoms with Gasteiger partial charge in [-0.25, -0.2) is 19.4 Å². The second-order valence-corrected chi connectivity index (χ2v) is 10.5. The summed E-state index contributed by atoms with van der Waals surface area (Å²) in [6, 6.07) is 9.70. The fraction of sp³-hybridized carbons (Fsp3) is 0.231. The number of benzene rings is 1. The molecule has 1 aliphatic rings. The zero-order chi connectivity index (χ0) is 27.7. The van der Waals surface area contributed by atoms with Crippen molar-refractivity contribution in [2.45, 2.75) is 32.6 Å². The van der Waals surface area contributed by atoms with E-state index in [2.05, 4.69) is 44.9 Å². The molecular weight excluding hydrogens is 519 g/mol. The summed E-state index contributed by atoms with van der Waals surface area (Å²) in [6.07, 6.45) is 3.20. The summed E-state index contributed by atoms with van der Waals surface area (Å²) in [7, 11) is 2.58. The molecule has 0 radical (unpaired) electrons. The number of hydrogen-bond acceptors (Lipinski definition) is 8. The average Bonchev–Trinajstić information content (AvgIpc) is 3.30. The zero-order valence-electron chi connectivity index (χ0n) is 21.5. The second kappa shape index (κ2) is 10.3. The third-order valence-electron chi connectivity index (χ3n) is 5.86. The Morgan fingerprint density at radius 3 is 2.72 bits per heavy atom. The van der Waals surface area contributed by atoms with Crippen LogP contribution in [0.5, 0.6) is 11.6 Å². The predicted octanol–water partition coefficient (Wildman–Crippen LogP) is 1.71. The van der Waals surface area contributed by atoms with Crippen LogP contribution in [0.2, 0.25) is 0 Å². The van der Waals surface area contributed by atoms with Crippen LogP contribution in [0.15, 0.2) is 58.6 Å². The molecule has 4 heterocycles. The Labute approximate surface area is 225 Å². The van der Waals surface area contributed by atoms with Crippen LogP contribution in [0.4, 0.5) is 16.3 Å². The summed E-state index contributed by atoms with van der Waals surface area (Å²) in [6.45, 7) is 6.54. The van der Waals surface area contributed by atoms with Gasteiger partial charge >= 0.3 is 6.03 Å². The first-order chi connectivity index (χ1) is 18.6. The van der Waals surface area contributed by atoms with Crippen LogP contribution in [0.25, 0.3) is 11.4 Å². The molecule has 12 nitrogen and oxygen atoms in total. The minimum atomic E-state index is -0.474. The molecule has 200 valence electrons. The van der Waals surface area contributed by atoms with Crippen LogP contribution < -0.4 is 37.1 Å². The van der Waals surface area contributed by atoms with Gasteiger partial charge in [0.2, 0.25) is 5.88 Å². The third kappa shape index (κ3) is 5.80. The van der Waals surface area contributed by atoms with Crippen molar-refractivity contribution in [1.29, 1.82) is 0 Å². The number of rotatable bonds is 5. The van der Waals surface area contributed by atoms with E-state index in [1.54, 1.807) is 35.0 Å². The Kier molecular flexibility index (Phi) is 6.88. The molecule has 4 aromatic rings. The highest BCUT2D eigenvalue weighted by molar-refractivity contribution is 7.28. The standard InChI is InChI=1S/C26H27N8O4P/c1-26(2,3)19-12-20(34(33-19)14-6-8-27-21(35)10-14)31-25(37)30-16-5-4-15(11-18(16)39)38-17-7-9-28-24-23(17)29-13-22(36)32-24/h4-6,8,10-13H,7,9,39H2,1-3H3,(H,27,35)(H,28,32,36)(H2,30,31,37). The first kappa shape index (κ1) is 26.1. The third-order valence-corrected chi connectivity index (χ3v) is 6.33. The van der Waals surface area contributed by atoms with Gasteiger partial charge in [0.1, 0.15) is 22.7 Å². The SMILES string of the molecule is CC(C)(C)c1cc(NC(=O)Nc2ccc(OC3=c4ncc(=O)[nH]c4=NCC3)cc2P)n(-c2ccnc(O)c2)n1. The minimum absolute atomic E-state index is 0.154. The number of fused-ring (bicyclic) bond motifs is 1. The monoisotopic (exact) mass is 546 g/mol. The summed E-state index contributed by atoms with van der Waals surface area (Å²) in [5.74, 6) is 1.42. The van der Waals surface area contributed by atoms with E-state index in [9.17, 15) is 14.7 Å². The van der Waals surface area contributed by atoms with E-state index in [1.165, 1.54) is 18.5 Å². The number of H-pyrrole nitrogens is 1. The largest absolute Gasteiger partial charge is 0.493 e. The van der Waals surface area contributed by atoms with Crippen molar-refractivity contribution in [3.63, 3.8) is 0 Å². The number of nitrogens with zero attached hydrogens (tertiary/aromatic N) is 5. The molecule has 1 aliphatic heterocycles. The molecule has 0 aliphatic carbocycles. The number of pyridine rings is 1. The van der Waals surface area contributed by atoms with Gasteiger partial charge < -0.3 is 20.1 Å². The number of aromatic amines is 1. The number of carbonyl (C=O) groups excluding carboxylic acids is 1. The van der Waals surface area contributed by atoms with Gasteiger partial charge in [-0.2, -0.15) is 5.10 Å². The number of hydrogen-bond donors (Lipinski definition) is 4. The van der Waals surface area contributed by atoms with Crippen LogP contribution in [-0.4, -0.2) is 42.4 Å². The Morgan fingerprint density at radius 1 is 1.15 bits per heavy atom. The van der Waals surface area contributed by atoms with Crippen LogP contribution in [-0.2, 0) is 5.41 Å².